The van der Waals surface area contributed by atoms with Crippen LogP contribution in [0.4, 0.5) is 13.2 Å². The van der Waals surface area contributed by atoms with Gasteiger partial charge in [0.15, 0.2) is 5.69 Å². The molecule has 0 spiro atoms. The minimum Gasteiger partial charge on any atom is -0.481 e. The van der Waals surface area contributed by atoms with E-state index in [-0.39, 0.29) is 23.7 Å². The van der Waals surface area contributed by atoms with Gasteiger partial charge >= 0.3 is 12.1 Å². The number of nitrogens with zero attached hydrogens (tertiary/aromatic N) is 3. The molecule has 1 atom stereocenters. The third-order valence-corrected chi connectivity index (χ3v) is 4.37. The fourth-order valence-electron chi connectivity index (χ4n) is 2.43. The van der Waals surface area contributed by atoms with Crippen LogP contribution in [0.1, 0.15) is 43.2 Å². The molecular formula is C17H19F3N4O3. The lowest BCUT2D eigenvalue weighted by atomic mass is 9.85. The van der Waals surface area contributed by atoms with Gasteiger partial charge in [-0.2, -0.15) is 13.2 Å². The van der Waals surface area contributed by atoms with Crippen molar-refractivity contribution < 1.29 is 27.9 Å². The summed E-state index contributed by atoms with van der Waals surface area (Å²) in [6.45, 7) is 5.08. The summed E-state index contributed by atoms with van der Waals surface area (Å²) in [4.78, 5) is 23.5. The molecule has 1 heterocycles. The van der Waals surface area contributed by atoms with Gasteiger partial charge < -0.3 is 10.4 Å². The summed E-state index contributed by atoms with van der Waals surface area (Å²) in [6, 6.07) is 4.77. The number of nitrogens with one attached hydrogen (secondary N) is 1. The SMILES string of the molecule is CC(C)C(C)(CC(=O)O)NC(=O)c1cn(-c2ccccc2C(F)(F)F)nn1. The van der Waals surface area contributed by atoms with Crippen molar-refractivity contribution in [3.05, 3.63) is 41.7 Å². The Kier molecular flexibility index (Phi) is 5.57. The highest BCUT2D eigenvalue weighted by Crippen LogP contribution is 2.33. The van der Waals surface area contributed by atoms with Crippen LogP contribution in [0.25, 0.3) is 5.69 Å². The Morgan fingerprint density at radius 2 is 1.89 bits per heavy atom. The van der Waals surface area contributed by atoms with Gasteiger partial charge in [-0.05, 0) is 25.0 Å². The van der Waals surface area contributed by atoms with Crippen molar-refractivity contribution in [1.82, 2.24) is 20.3 Å². The van der Waals surface area contributed by atoms with Gasteiger partial charge in [0.25, 0.3) is 5.91 Å². The molecule has 2 aromatic rings. The normalized spacial score (nSPS) is 14.0. The van der Waals surface area contributed by atoms with Gasteiger partial charge in [-0.15, -0.1) is 5.10 Å². The highest BCUT2D eigenvalue weighted by atomic mass is 19.4. The van der Waals surface area contributed by atoms with Gasteiger partial charge in [-0.3, -0.25) is 9.59 Å². The van der Waals surface area contributed by atoms with Crippen molar-refractivity contribution in [2.45, 2.75) is 38.9 Å². The predicted molar refractivity (Wildman–Crippen MR) is 89.3 cm³/mol. The van der Waals surface area contributed by atoms with E-state index in [2.05, 4.69) is 15.6 Å². The number of alkyl halides is 3. The van der Waals surface area contributed by atoms with Crippen molar-refractivity contribution in [2.24, 2.45) is 5.92 Å². The molecular weight excluding hydrogens is 365 g/mol. The number of amides is 1. The van der Waals surface area contributed by atoms with Crippen LogP contribution in [0.5, 0.6) is 0 Å². The van der Waals surface area contributed by atoms with E-state index in [1.54, 1.807) is 20.8 Å². The number of carboxylic acids is 1. The quantitative estimate of drug-likeness (QED) is 0.798. The van der Waals surface area contributed by atoms with Crippen LogP contribution in [0.2, 0.25) is 0 Å². The molecule has 2 N–H and O–H groups in total. The Balaban J connectivity index is 2.31. The van der Waals surface area contributed by atoms with E-state index in [0.29, 0.717) is 0 Å². The number of aliphatic carboxylic acids is 1. The van der Waals surface area contributed by atoms with E-state index in [4.69, 9.17) is 5.11 Å². The summed E-state index contributed by atoms with van der Waals surface area (Å²) in [5.41, 5.74) is -2.46. The molecule has 10 heteroatoms. The Morgan fingerprint density at radius 3 is 2.44 bits per heavy atom. The molecule has 0 aliphatic carbocycles. The van der Waals surface area contributed by atoms with Gasteiger partial charge in [-0.25, -0.2) is 4.68 Å². The number of carboxylic acid groups (broad SMARTS) is 1. The first-order valence-corrected chi connectivity index (χ1v) is 8.07. The Hall–Kier alpha value is -2.91. The number of hydrogen-bond donors (Lipinski definition) is 2. The number of carbonyl (C=O) groups excluding carboxylic acids is 1. The molecule has 0 bridgehead atoms. The second-order valence-corrected chi connectivity index (χ2v) is 6.66. The van der Waals surface area contributed by atoms with Gasteiger partial charge in [-0.1, -0.05) is 31.2 Å². The molecule has 1 aromatic heterocycles. The van der Waals surface area contributed by atoms with Crippen LogP contribution in [0.15, 0.2) is 30.5 Å². The average molecular weight is 384 g/mol. The molecule has 0 saturated carbocycles. The van der Waals surface area contributed by atoms with Crippen molar-refractivity contribution in [1.29, 1.82) is 0 Å². The molecule has 27 heavy (non-hydrogen) atoms. The monoisotopic (exact) mass is 384 g/mol. The third-order valence-electron chi connectivity index (χ3n) is 4.37. The first kappa shape index (κ1) is 20.4. The minimum absolute atomic E-state index is 0.210. The third kappa shape index (κ3) is 4.63. The highest BCUT2D eigenvalue weighted by Gasteiger charge is 2.35. The van der Waals surface area contributed by atoms with Gasteiger partial charge in [0, 0.05) is 0 Å². The summed E-state index contributed by atoms with van der Waals surface area (Å²) in [7, 11) is 0. The lowest BCUT2D eigenvalue weighted by molar-refractivity contribution is -0.139. The van der Waals surface area contributed by atoms with Gasteiger partial charge in [0.2, 0.25) is 0 Å². The molecule has 0 aliphatic rings. The Bertz CT molecular complexity index is 848. The van der Waals surface area contributed by atoms with Crippen LogP contribution in [0.3, 0.4) is 0 Å². The summed E-state index contributed by atoms with van der Waals surface area (Å²) < 4.78 is 40.3. The fourth-order valence-corrected chi connectivity index (χ4v) is 2.43. The molecule has 0 fully saturated rings. The smallest absolute Gasteiger partial charge is 0.418 e. The zero-order chi connectivity index (χ0) is 20.4. The minimum atomic E-state index is -4.59. The number of rotatable bonds is 6. The van der Waals surface area contributed by atoms with Crippen molar-refractivity contribution in [3.8, 4) is 5.69 Å². The maximum atomic E-state index is 13.1. The first-order chi connectivity index (χ1) is 12.4. The molecule has 7 nitrogen and oxygen atoms in total. The second kappa shape index (κ2) is 7.37. The van der Waals surface area contributed by atoms with Crippen molar-refractivity contribution >= 4 is 11.9 Å². The largest absolute Gasteiger partial charge is 0.481 e. The Morgan fingerprint density at radius 1 is 1.26 bits per heavy atom. The van der Waals surface area contributed by atoms with Crippen molar-refractivity contribution in [3.63, 3.8) is 0 Å². The van der Waals surface area contributed by atoms with Crippen LogP contribution >= 0.6 is 0 Å². The molecule has 1 aromatic carbocycles. The highest BCUT2D eigenvalue weighted by molar-refractivity contribution is 5.92. The lowest BCUT2D eigenvalue weighted by Gasteiger charge is -2.33. The molecule has 1 amide bonds. The maximum absolute atomic E-state index is 13.1. The van der Waals surface area contributed by atoms with Crippen LogP contribution in [0, 0.1) is 5.92 Å². The van der Waals surface area contributed by atoms with Gasteiger partial charge in [0.1, 0.15) is 0 Å². The van der Waals surface area contributed by atoms with Gasteiger partial charge in [0.05, 0.1) is 29.4 Å². The second-order valence-electron chi connectivity index (χ2n) is 6.66. The Labute approximate surface area is 153 Å². The zero-order valence-electron chi connectivity index (χ0n) is 14.9. The topological polar surface area (TPSA) is 97.1 Å². The summed E-state index contributed by atoms with van der Waals surface area (Å²) in [5, 5.41) is 18.9. The van der Waals surface area contributed by atoms with E-state index < -0.39 is 29.2 Å². The molecule has 2 rings (SSSR count). The number of aromatic nitrogens is 3. The lowest BCUT2D eigenvalue weighted by Crippen LogP contribution is -2.51. The fraction of sp³-hybridized carbons (Fsp3) is 0.412. The van der Waals surface area contributed by atoms with E-state index >= 15 is 0 Å². The maximum Gasteiger partial charge on any atom is 0.418 e. The summed E-state index contributed by atoms with van der Waals surface area (Å²) in [6.07, 6.45) is -3.84. The summed E-state index contributed by atoms with van der Waals surface area (Å²) in [5.74, 6) is -2.02. The van der Waals surface area contributed by atoms with Crippen LogP contribution in [-0.4, -0.2) is 37.5 Å². The number of hydrogen-bond acceptors (Lipinski definition) is 4. The van der Waals surface area contributed by atoms with Crippen molar-refractivity contribution in [2.75, 3.05) is 0 Å². The van der Waals surface area contributed by atoms with E-state index in [1.165, 1.54) is 18.2 Å². The summed E-state index contributed by atoms with van der Waals surface area (Å²) >= 11 is 0. The van der Waals surface area contributed by atoms with Crippen LogP contribution < -0.4 is 5.32 Å². The van der Waals surface area contributed by atoms with E-state index in [9.17, 15) is 22.8 Å². The number of halogens is 3. The molecule has 0 radical (unpaired) electrons. The van der Waals surface area contributed by atoms with E-state index in [1.807, 2.05) is 0 Å². The number of para-hydroxylation sites is 1. The standard InChI is InChI=1S/C17H19F3N4O3/c1-10(2)16(3,8-14(25)26)21-15(27)12-9-24(23-22-12)13-7-5-4-6-11(13)17(18,19)20/h4-7,9-10H,8H2,1-3H3,(H,21,27)(H,25,26). The van der Waals surface area contributed by atoms with E-state index in [0.717, 1.165) is 16.9 Å². The first-order valence-electron chi connectivity index (χ1n) is 8.07. The average Bonchev–Trinajstić information content (AvgIpc) is 3.03. The molecule has 0 saturated heterocycles. The molecule has 1 unspecified atom stereocenters. The molecule has 0 aliphatic heterocycles. The predicted octanol–water partition coefficient (Wildman–Crippen LogP) is 2.91. The number of benzene rings is 1. The zero-order valence-corrected chi connectivity index (χ0v) is 14.9. The van der Waals surface area contributed by atoms with Crippen LogP contribution in [-0.2, 0) is 11.0 Å². The number of carbonyl (C=O) groups is 2. The molecule has 146 valence electrons.